The van der Waals surface area contributed by atoms with Gasteiger partial charge < -0.3 is 9.84 Å². The van der Waals surface area contributed by atoms with Gasteiger partial charge in [-0.15, -0.1) is 0 Å². The van der Waals surface area contributed by atoms with E-state index in [1.807, 2.05) is 20.8 Å². The maximum absolute atomic E-state index is 10.4. The van der Waals surface area contributed by atoms with Gasteiger partial charge >= 0.3 is 0 Å². The fourth-order valence-corrected chi connectivity index (χ4v) is 2.57. The van der Waals surface area contributed by atoms with Crippen LogP contribution in [0.2, 0.25) is 5.02 Å². The maximum atomic E-state index is 10.4. The Bertz CT molecular complexity index is 392. The SMILES string of the molecule is CC1CC(C(O)c2c(Cl)cnn2C(C)C)CO1. The van der Waals surface area contributed by atoms with Crippen molar-refractivity contribution in [2.24, 2.45) is 5.92 Å². The monoisotopic (exact) mass is 258 g/mol. The largest absolute Gasteiger partial charge is 0.386 e. The summed E-state index contributed by atoms with van der Waals surface area (Å²) in [5, 5.41) is 15.2. The van der Waals surface area contributed by atoms with Crippen LogP contribution >= 0.6 is 11.6 Å². The standard InChI is InChI=1S/C12H19ClN2O2/c1-7(2)15-11(10(13)5-14-15)12(16)9-4-8(3)17-6-9/h5,7-9,12,16H,4,6H2,1-3H3. The van der Waals surface area contributed by atoms with Crippen LogP contribution in [0.1, 0.15) is 45.0 Å². The smallest absolute Gasteiger partial charge is 0.102 e. The lowest BCUT2D eigenvalue weighted by Gasteiger charge is -2.20. The highest BCUT2D eigenvalue weighted by Gasteiger charge is 2.33. The summed E-state index contributed by atoms with van der Waals surface area (Å²) in [6, 6.07) is 0.187. The predicted molar refractivity (Wildman–Crippen MR) is 66.1 cm³/mol. The first-order valence-corrected chi connectivity index (χ1v) is 6.41. The first kappa shape index (κ1) is 12.9. The van der Waals surface area contributed by atoms with Gasteiger partial charge in [-0.1, -0.05) is 11.6 Å². The van der Waals surface area contributed by atoms with Gasteiger partial charge in [0.2, 0.25) is 0 Å². The third-order valence-electron chi connectivity index (χ3n) is 3.23. The summed E-state index contributed by atoms with van der Waals surface area (Å²) in [5.41, 5.74) is 0.712. The minimum atomic E-state index is -0.600. The third kappa shape index (κ3) is 2.49. The second-order valence-corrected chi connectivity index (χ2v) is 5.41. The molecule has 0 bridgehead atoms. The van der Waals surface area contributed by atoms with Gasteiger partial charge in [0.05, 0.1) is 29.6 Å². The quantitative estimate of drug-likeness (QED) is 0.907. The van der Waals surface area contributed by atoms with E-state index in [-0.39, 0.29) is 18.1 Å². The van der Waals surface area contributed by atoms with E-state index in [0.29, 0.717) is 17.3 Å². The molecule has 3 atom stereocenters. The van der Waals surface area contributed by atoms with E-state index in [9.17, 15) is 5.11 Å². The summed E-state index contributed by atoms with van der Waals surface area (Å²) >= 11 is 6.11. The number of nitrogens with zero attached hydrogens (tertiary/aromatic N) is 2. The number of ether oxygens (including phenoxy) is 1. The molecule has 1 aromatic heterocycles. The van der Waals surface area contributed by atoms with Gasteiger partial charge in [0, 0.05) is 12.0 Å². The third-order valence-corrected chi connectivity index (χ3v) is 3.52. The van der Waals surface area contributed by atoms with Crippen LogP contribution in [0, 0.1) is 5.92 Å². The van der Waals surface area contributed by atoms with Gasteiger partial charge in [-0.05, 0) is 27.2 Å². The van der Waals surface area contributed by atoms with E-state index < -0.39 is 6.10 Å². The number of aliphatic hydroxyl groups is 1. The molecule has 0 amide bonds. The van der Waals surface area contributed by atoms with Crippen LogP contribution in [0.4, 0.5) is 0 Å². The Morgan fingerprint density at radius 3 is 2.82 bits per heavy atom. The molecule has 0 radical (unpaired) electrons. The Kier molecular flexibility index (Phi) is 3.76. The van der Waals surface area contributed by atoms with Gasteiger partial charge in [-0.25, -0.2) is 0 Å². The molecule has 1 saturated heterocycles. The van der Waals surface area contributed by atoms with E-state index in [4.69, 9.17) is 16.3 Å². The summed E-state index contributed by atoms with van der Waals surface area (Å²) in [4.78, 5) is 0. The minimum absolute atomic E-state index is 0.108. The average Bonchev–Trinajstić information content (AvgIpc) is 2.83. The van der Waals surface area contributed by atoms with Crippen LogP contribution in [-0.2, 0) is 4.74 Å². The fraction of sp³-hybridized carbons (Fsp3) is 0.750. The van der Waals surface area contributed by atoms with Crippen molar-refractivity contribution in [3.63, 3.8) is 0 Å². The van der Waals surface area contributed by atoms with Crippen LogP contribution in [0.5, 0.6) is 0 Å². The van der Waals surface area contributed by atoms with E-state index in [1.165, 1.54) is 0 Å². The highest BCUT2D eigenvalue weighted by Crippen LogP contribution is 2.35. The van der Waals surface area contributed by atoms with Crippen molar-refractivity contribution in [1.82, 2.24) is 9.78 Å². The second-order valence-electron chi connectivity index (χ2n) is 5.00. The summed E-state index contributed by atoms with van der Waals surface area (Å²) in [5.74, 6) is 0.108. The number of rotatable bonds is 3. The Morgan fingerprint density at radius 1 is 1.59 bits per heavy atom. The lowest BCUT2D eigenvalue weighted by Crippen LogP contribution is -2.19. The first-order chi connectivity index (χ1) is 8.00. The normalized spacial score (nSPS) is 26.7. The van der Waals surface area contributed by atoms with Crippen LogP contribution < -0.4 is 0 Å². The molecule has 17 heavy (non-hydrogen) atoms. The molecule has 0 aromatic carbocycles. The van der Waals surface area contributed by atoms with Crippen molar-refractivity contribution in [3.8, 4) is 0 Å². The molecule has 0 spiro atoms. The molecule has 5 heteroatoms. The number of hydrogen-bond donors (Lipinski definition) is 1. The zero-order valence-electron chi connectivity index (χ0n) is 10.4. The summed E-state index contributed by atoms with van der Waals surface area (Å²) < 4.78 is 7.28. The molecule has 0 aliphatic carbocycles. The first-order valence-electron chi connectivity index (χ1n) is 6.03. The minimum Gasteiger partial charge on any atom is -0.386 e. The Hall–Kier alpha value is -0.580. The van der Waals surface area contributed by atoms with Crippen molar-refractivity contribution in [2.45, 2.75) is 45.4 Å². The lowest BCUT2D eigenvalue weighted by atomic mass is 9.97. The van der Waals surface area contributed by atoms with Gasteiger partial charge in [-0.2, -0.15) is 5.10 Å². The molecule has 1 aliphatic heterocycles. The summed E-state index contributed by atoms with van der Waals surface area (Å²) in [6.45, 7) is 6.65. The van der Waals surface area contributed by atoms with Gasteiger partial charge in [-0.3, -0.25) is 4.68 Å². The Morgan fingerprint density at radius 2 is 2.29 bits per heavy atom. The molecule has 4 nitrogen and oxygen atoms in total. The molecule has 3 unspecified atom stereocenters. The predicted octanol–water partition coefficient (Wildman–Crippen LogP) is 2.58. The molecular formula is C12H19ClN2O2. The highest BCUT2D eigenvalue weighted by molar-refractivity contribution is 6.31. The van der Waals surface area contributed by atoms with Crippen molar-refractivity contribution in [1.29, 1.82) is 0 Å². The summed E-state index contributed by atoms with van der Waals surface area (Å²) in [6.07, 6.45) is 2.07. The van der Waals surface area contributed by atoms with Crippen molar-refractivity contribution >= 4 is 11.6 Å². The van der Waals surface area contributed by atoms with Gasteiger partial charge in [0.1, 0.15) is 6.10 Å². The van der Waals surface area contributed by atoms with Crippen LogP contribution in [0.25, 0.3) is 0 Å². The Labute approximate surface area is 107 Å². The number of hydrogen-bond acceptors (Lipinski definition) is 3. The topological polar surface area (TPSA) is 47.3 Å². The number of aliphatic hydroxyl groups excluding tert-OH is 1. The average molecular weight is 259 g/mol. The highest BCUT2D eigenvalue weighted by atomic mass is 35.5. The molecular weight excluding hydrogens is 240 g/mol. The number of halogens is 1. The van der Waals surface area contributed by atoms with E-state index in [1.54, 1.807) is 10.9 Å². The van der Waals surface area contributed by atoms with Crippen molar-refractivity contribution in [3.05, 3.63) is 16.9 Å². The molecule has 1 aromatic rings. The van der Waals surface area contributed by atoms with Crippen molar-refractivity contribution < 1.29 is 9.84 Å². The van der Waals surface area contributed by atoms with Crippen molar-refractivity contribution in [2.75, 3.05) is 6.61 Å². The van der Waals surface area contributed by atoms with E-state index >= 15 is 0 Å². The molecule has 1 aliphatic rings. The molecule has 1 N–H and O–H groups in total. The molecule has 1 fully saturated rings. The molecule has 2 heterocycles. The van der Waals surface area contributed by atoms with Crippen LogP contribution in [0.15, 0.2) is 6.20 Å². The van der Waals surface area contributed by atoms with Gasteiger partial charge in [0.15, 0.2) is 0 Å². The molecule has 0 saturated carbocycles. The lowest BCUT2D eigenvalue weighted by molar-refractivity contribution is 0.0745. The second kappa shape index (κ2) is 4.96. The molecule has 2 rings (SSSR count). The van der Waals surface area contributed by atoms with E-state index in [2.05, 4.69) is 5.10 Å². The van der Waals surface area contributed by atoms with Crippen LogP contribution in [0.3, 0.4) is 0 Å². The van der Waals surface area contributed by atoms with Crippen LogP contribution in [-0.4, -0.2) is 27.6 Å². The zero-order valence-corrected chi connectivity index (χ0v) is 11.2. The fourth-order valence-electron chi connectivity index (χ4n) is 2.33. The molecule has 96 valence electrons. The van der Waals surface area contributed by atoms with E-state index in [0.717, 1.165) is 6.42 Å². The van der Waals surface area contributed by atoms with Gasteiger partial charge in [0.25, 0.3) is 0 Å². The Balaban J connectivity index is 2.24. The number of aromatic nitrogens is 2. The zero-order chi connectivity index (χ0) is 12.6. The summed E-state index contributed by atoms with van der Waals surface area (Å²) in [7, 11) is 0. The maximum Gasteiger partial charge on any atom is 0.102 e.